The zero-order valence-corrected chi connectivity index (χ0v) is 17.1. The van der Waals surface area contributed by atoms with Crippen molar-refractivity contribution in [2.45, 2.75) is 38.1 Å². The van der Waals surface area contributed by atoms with Crippen molar-refractivity contribution < 1.29 is 14.1 Å². The number of carbonyl (C=O) groups is 1. The smallest absolute Gasteiger partial charge is 0.261 e. The van der Waals surface area contributed by atoms with Crippen molar-refractivity contribution in [2.24, 2.45) is 7.05 Å². The molecule has 5 rings (SSSR count). The van der Waals surface area contributed by atoms with E-state index in [1.807, 2.05) is 18.1 Å². The van der Waals surface area contributed by atoms with Crippen molar-refractivity contribution in [3.63, 3.8) is 0 Å². The van der Waals surface area contributed by atoms with E-state index in [0.717, 1.165) is 24.0 Å². The van der Waals surface area contributed by atoms with E-state index in [4.69, 9.17) is 9.26 Å². The first kappa shape index (κ1) is 19.0. The van der Waals surface area contributed by atoms with Crippen LogP contribution in [0.25, 0.3) is 11.5 Å². The second-order valence-corrected chi connectivity index (χ2v) is 8.03. The van der Waals surface area contributed by atoms with Crippen LogP contribution in [-0.2, 0) is 35.8 Å². The number of aromatic nitrogens is 4. The highest BCUT2D eigenvalue weighted by Crippen LogP contribution is 2.27. The summed E-state index contributed by atoms with van der Waals surface area (Å²) in [6, 6.07) is 6.13. The molecule has 1 aliphatic carbocycles. The number of hydrogen-bond donors (Lipinski definition) is 0. The van der Waals surface area contributed by atoms with Gasteiger partial charge < -0.3 is 14.2 Å². The maximum absolute atomic E-state index is 13.2. The molecule has 30 heavy (non-hydrogen) atoms. The van der Waals surface area contributed by atoms with E-state index in [0.29, 0.717) is 37.9 Å². The monoisotopic (exact) mass is 407 g/mol. The van der Waals surface area contributed by atoms with Crippen LogP contribution in [-0.4, -0.2) is 50.5 Å². The second kappa shape index (κ2) is 8.02. The van der Waals surface area contributed by atoms with Gasteiger partial charge in [0, 0.05) is 19.8 Å². The molecule has 0 spiro atoms. The normalized spacial score (nSPS) is 19.0. The van der Waals surface area contributed by atoms with Gasteiger partial charge in [0.05, 0.1) is 31.4 Å². The summed E-state index contributed by atoms with van der Waals surface area (Å²) in [5, 5.41) is 8.26. The van der Waals surface area contributed by atoms with Crippen molar-refractivity contribution in [3.8, 4) is 11.5 Å². The molecule has 0 radical (unpaired) electrons. The molecule has 1 aromatic carbocycles. The van der Waals surface area contributed by atoms with Gasteiger partial charge >= 0.3 is 0 Å². The van der Waals surface area contributed by atoms with Crippen LogP contribution in [0.4, 0.5) is 0 Å². The highest BCUT2D eigenvalue weighted by atomic mass is 16.5. The van der Waals surface area contributed by atoms with E-state index in [2.05, 4.69) is 33.4 Å². The lowest BCUT2D eigenvalue weighted by molar-refractivity contribution is -0.139. The SMILES string of the molecule is Cn1cc(-c2nc([C@H]3COCCN3C(=O)Cc3ccc4c(c3)CCCC4)no2)cn1. The third kappa shape index (κ3) is 3.75. The molecule has 1 amide bonds. The minimum absolute atomic E-state index is 0.0618. The van der Waals surface area contributed by atoms with Gasteiger partial charge in [-0.05, 0) is 42.4 Å². The van der Waals surface area contributed by atoms with E-state index in [1.54, 1.807) is 10.9 Å². The third-order valence-corrected chi connectivity index (χ3v) is 5.91. The van der Waals surface area contributed by atoms with Gasteiger partial charge in [0.15, 0.2) is 5.82 Å². The Kier molecular flexibility index (Phi) is 5.08. The van der Waals surface area contributed by atoms with E-state index in [1.165, 1.54) is 24.0 Å². The zero-order chi connectivity index (χ0) is 20.5. The molecule has 3 heterocycles. The van der Waals surface area contributed by atoms with Crippen molar-refractivity contribution in [3.05, 3.63) is 53.1 Å². The molecule has 1 fully saturated rings. The Morgan fingerprint density at radius 3 is 2.93 bits per heavy atom. The quantitative estimate of drug-likeness (QED) is 0.661. The summed E-state index contributed by atoms with van der Waals surface area (Å²) in [6.45, 7) is 1.40. The minimum atomic E-state index is -0.349. The molecule has 0 saturated carbocycles. The zero-order valence-electron chi connectivity index (χ0n) is 17.1. The molecule has 156 valence electrons. The number of ether oxygens (including phenoxy) is 1. The number of aryl methyl sites for hydroxylation is 3. The van der Waals surface area contributed by atoms with Gasteiger partial charge in [-0.2, -0.15) is 10.1 Å². The van der Waals surface area contributed by atoms with Crippen molar-refractivity contribution >= 4 is 5.91 Å². The van der Waals surface area contributed by atoms with Gasteiger partial charge in [-0.15, -0.1) is 0 Å². The number of rotatable bonds is 4. The first-order valence-corrected chi connectivity index (χ1v) is 10.5. The van der Waals surface area contributed by atoms with Gasteiger partial charge in [-0.1, -0.05) is 23.4 Å². The van der Waals surface area contributed by atoms with Crippen LogP contribution in [0.2, 0.25) is 0 Å². The van der Waals surface area contributed by atoms with Gasteiger partial charge in [0.1, 0.15) is 6.04 Å². The number of benzene rings is 1. The lowest BCUT2D eigenvalue weighted by atomic mass is 9.90. The fourth-order valence-corrected chi connectivity index (χ4v) is 4.31. The van der Waals surface area contributed by atoms with Gasteiger partial charge in [-0.25, -0.2) is 0 Å². The summed E-state index contributed by atoms with van der Waals surface area (Å²) in [4.78, 5) is 19.5. The fourth-order valence-electron chi connectivity index (χ4n) is 4.31. The minimum Gasteiger partial charge on any atom is -0.377 e. The first-order chi connectivity index (χ1) is 14.7. The molecule has 1 aliphatic heterocycles. The molecule has 0 unspecified atom stereocenters. The lowest BCUT2D eigenvalue weighted by Gasteiger charge is -2.33. The van der Waals surface area contributed by atoms with Crippen LogP contribution in [0.3, 0.4) is 0 Å². The Morgan fingerprint density at radius 2 is 2.10 bits per heavy atom. The summed E-state index contributed by atoms with van der Waals surface area (Å²) in [5.41, 5.74) is 4.63. The molecular weight excluding hydrogens is 382 g/mol. The molecule has 1 saturated heterocycles. The Hall–Kier alpha value is -3.00. The van der Waals surface area contributed by atoms with Crippen LogP contribution in [0, 0.1) is 0 Å². The topological polar surface area (TPSA) is 86.3 Å². The average Bonchev–Trinajstić information content (AvgIpc) is 3.43. The first-order valence-electron chi connectivity index (χ1n) is 10.5. The number of fused-ring (bicyclic) bond motifs is 1. The maximum Gasteiger partial charge on any atom is 0.261 e. The highest BCUT2D eigenvalue weighted by Gasteiger charge is 2.32. The standard InChI is InChI=1S/C22H25N5O3/c1-26-13-18(12-23-26)22-24-21(25-30-22)19-14-29-9-8-27(19)20(28)11-15-6-7-16-4-2-3-5-17(16)10-15/h6-7,10,12-13,19H,2-5,8-9,11,14H2,1H3/t19-/m1/s1. The van der Waals surface area contributed by atoms with Crippen LogP contribution >= 0.6 is 0 Å². The van der Waals surface area contributed by atoms with E-state index < -0.39 is 0 Å². The van der Waals surface area contributed by atoms with Crippen LogP contribution in [0.15, 0.2) is 35.1 Å². The summed E-state index contributed by atoms with van der Waals surface area (Å²) in [7, 11) is 1.83. The van der Waals surface area contributed by atoms with Gasteiger partial charge in [0.2, 0.25) is 5.91 Å². The molecule has 2 aliphatic rings. The maximum atomic E-state index is 13.2. The van der Waals surface area contributed by atoms with E-state index in [-0.39, 0.29) is 11.9 Å². The average molecular weight is 407 g/mol. The number of amides is 1. The Bertz CT molecular complexity index is 1060. The third-order valence-electron chi connectivity index (χ3n) is 5.91. The van der Waals surface area contributed by atoms with Crippen LogP contribution in [0.5, 0.6) is 0 Å². The molecule has 0 bridgehead atoms. The molecule has 3 aromatic rings. The van der Waals surface area contributed by atoms with E-state index >= 15 is 0 Å². The Morgan fingerprint density at radius 1 is 1.23 bits per heavy atom. The number of morpholine rings is 1. The highest BCUT2D eigenvalue weighted by molar-refractivity contribution is 5.79. The number of hydrogen-bond acceptors (Lipinski definition) is 6. The predicted octanol–water partition coefficient (Wildman–Crippen LogP) is 2.49. The largest absolute Gasteiger partial charge is 0.377 e. The molecule has 8 heteroatoms. The van der Waals surface area contributed by atoms with Gasteiger partial charge in [0.25, 0.3) is 5.89 Å². The molecule has 0 N–H and O–H groups in total. The second-order valence-electron chi connectivity index (χ2n) is 8.03. The number of carbonyl (C=O) groups excluding carboxylic acids is 1. The Balaban J connectivity index is 1.34. The summed E-state index contributed by atoms with van der Waals surface area (Å²) >= 11 is 0. The fraction of sp³-hybridized carbons (Fsp3) is 0.455. The summed E-state index contributed by atoms with van der Waals surface area (Å²) < 4.78 is 12.7. The van der Waals surface area contributed by atoms with Crippen LogP contribution in [0.1, 0.15) is 41.4 Å². The van der Waals surface area contributed by atoms with Gasteiger partial charge in [-0.3, -0.25) is 9.48 Å². The van der Waals surface area contributed by atoms with Crippen LogP contribution < -0.4 is 0 Å². The number of nitrogens with zero attached hydrogens (tertiary/aromatic N) is 5. The molecule has 2 aromatic heterocycles. The Labute approximate surface area is 174 Å². The van der Waals surface area contributed by atoms with Crippen molar-refractivity contribution in [2.75, 3.05) is 19.8 Å². The van der Waals surface area contributed by atoms with E-state index in [9.17, 15) is 4.79 Å². The van der Waals surface area contributed by atoms with Crippen molar-refractivity contribution in [1.29, 1.82) is 0 Å². The molecular formula is C22H25N5O3. The molecule has 8 nitrogen and oxygen atoms in total. The summed E-state index contributed by atoms with van der Waals surface area (Å²) in [6.07, 6.45) is 8.60. The lowest BCUT2D eigenvalue weighted by Crippen LogP contribution is -2.44. The van der Waals surface area contributed by atoms with Crippen molar-refractivity contribution in [1.82, 2.24) is 24.8 Å². The molecule has 1 atom stereocenters. The predicted molar refractivity (Wildman–Crippen MR) is 109 cm³/mol. The summed E-state index contributed by atoms with van der Waals surface area (Å²) in [5.74, 6) is 0.921.